The van der Waals surface area contributed by atoms with Crippen LogP contribution in [0.15, 0.2) is 18.2 Å². The minimum Gasteiger partial charge on any atom is -0.383 e. The van der Waals surface area contributed by atoms with Crippen molar-refractivity contribution in [1.29, 1.82) is 0 Å². The van der Waals surface area contributed by atoms with E-state index in [0.29, 0.717) is 13.2 Å². The highest BCUT2D eigenvalue weighted by Gasteiger charge is 2.12. The zero-order valence-electron chi connectivity index (χ0n) is 9.17. The molecular weight excluding hydrogens is 312 g/mol. The first-order valence-corrected chi connectivity index (χ1v) is 6.20. The third-order valence-corrected chi connectivity index (χ3v) is 2.91. The maximum atomic E-state index is 12.8. The monoisotopic (exact) mass is 323 g/mol. The zero-order valence-corrected chi connectivity index (χ0v) is 11.5. The number of rotatable bonds is 5. The molecule has 0 spiro atoms. The van der Waals surface area contributed by atoms with E-state index in [0.717, 1.165) is 6.07 Å². The third-order valence-electron chi connectivity index (χ3n) is 2.01. The van der Waals surface area contributed by atoms with Crippen molar-refractivity contribution in [2.75, 3.05) is 20.3 Å². The Morgan fingerprint density at radius 1 is 1.65 bits per heavy atom. The maximum Gasteiger partial charge on any atom is 0.252 e. The number of carbonyl (C=O) groups excluding carboxylic acids is 1. The number of methoxy groups -OCH3 is 1. The van der Waals surface area contributed by atoms with Gasteiger partial charge in [0.15, 0.2) is 0 Å². The quantitative estimate of drug-likeness (QED) is 0.846. The molecule has 0 saturated carbocycles. The highest BCUT2D eigenvalue weighted by molar-refractivity contribution is 9.09. The number of halogens is 3. The second-order valence-electron chi connectivity index (χ2n) is 3.39. The number of ether oxygens (including phenoxy) is 1. The second-order valence-corrected chi connectivity index (χ2v) is 5.09. The summed E-state index contributed by atoms with van der Waals surface area (Å²) in [5.74, 6) is -0.806. The van der Waals surface area contributed by atoms with Gasteiger partial charge in [0.05, 0.1) is 22.0 Å². The molecule has 0 heterocycles. The van der Waals surface area contributed by atoms with Crippen molar-refractivity contribution < 1.29 is 13.9 Å². The van der Waals surface area contributed by atoms with Gasteiger partial charge in [-0.15, -0.1) is 0 Å². The van der Waals surface area contributed by atoms with Crippen molar-refractivity contribution >= 4 is 33.4 Å². The maximum absolute atomic E-state index is 12.8. The summed E-state index contributed by atoms with van der Waals surface area (Å²) in [7, 11) is 1.58. The van der Waals surface area contributed by atoms with Crippen LogP contribution in [0.3, 0.4) is 0 Å². The molecule has 1 amide bonds. The molecule has 0 fully saturated rings. The van der Waals surface area contributed by atoms with Crippen LogP contribution in [0.2, 0.25) is 5.02 Å². The lowest BCUT2D eigenvalue weighted by molar-refractivity contribution is 0.0950. The molecule has 0 aromatic heterocycles. The smallest absolute Gasteiger partial charge is 0.252 e. The van der Waals surface area contributed by atoms with Crippen LogP contribution in [0, 0.1) is 5.82 Å². The lowest BCUT2D eigenvalue weighted by Gasteiger charge is -2.10. The summed E-state index contributed by atoms with van der Waals surface area (Å²) in [6, 6.07) is 3.66. The molecular formula is C11H12BrClFNO2. The van der Waals surface area contributed by atoms with Crippen LogP contribution in [0.5, 0.6) is 0 Å². The number of benzene rings is 1. The van der Waals surface area contributed by atoms with Crippen molar-refractivity contribution in [3.05, 3.63) is 34.6 Å². The van der Waals surface area contributed by atoms with Crippen molar-refractivity contribution in [3.8, 4) is 0 Å². The summed E-state index contributed by atoms with van der Waals surface area (Å²) >= 11 is 9.10. The molecule has 1 rings (SSSR count). The number of alkyl halides is 1. The highest BCUT2D eigenvalue weighted by Crippen LogP contribution is 2.17. The molecule has 1 aromatic carbocycles. The lowest BCUT2D eigenvalue weighted by atomic mass is 10.2. The summed E-state index contributed by atoms with van der Waals surface area (Å²) in [6.07, 6.45) is 0. The predicted molar refractivity (Wildman–Crippen MR) is 68.3 cm³/mol. The summed E-state index contributed by atoms with van der Waals surface area (Å²) in [5.41, 5.74) is 0.255. The van der Waals surface area contributed by atoms with Crippen LogP contribution in [0.4, 0.5) is 4.39 Å². The Balaban J connectivity index is 2.58. The number of amides is 1. The van der Waals surface area contributed by atoms with E-state index < -0.39 is 5.82 Å². The molecule has 3 nitrogen and oxygen atoms in total. The first kappa shape index (κ1) is 14.4. The first-order valence-electron chi connectivity index (χ1n) is 4.91. The molecule has 6 heteroatoms. The van der Waals surface area contributed by atoms with E-state index in [1.165, 1.54) is 12.1 Å². The van der Waals surface area contributed by atoms with Gasteiger partial charge in [0, 0.05) is 13.7 Å². The SMILES string of the molecule is COCC(Br)CNC(=O)c1ccc(F)cc1Cl. The largest absolute Gasteiger partial charge is 0.383 e. The number of carbonyl (C=O) groups is 1. The van der Waals surface area contributed by atoms with E-state index in [1.807, 2.05) is 0 Å². The topological polar surface area (TPSA) is 38.3 Å². The van der Waals surface area contributed by atoms with Gasteiger partial charge in [-0.25, -0.2) is 4.39 Å². The fraction of sp³-hybridized carbons (Fsp3) is 0.364. The molecule has 1 unspecified atom stereocenters. The standard InChI is InChI=1S/C11H12BrClFNO2/c1-17-6-7(12)5-15-11(16)9-3-2-8(14)4-10(9)13/h2-4,7H,5-6H2,1H3,(H,15,16). The molecule has 94 valence electrons. The Bertz CT molecular complexity index is 403. The fourth-order valence-corrected chi connectivity index (χ4v) is 1.89. The van der Waals surface area contributed by atoms with Crippen LogP contribution in [-0.4, -0.2) is 31.0 Å². The van der Waals surface area contributed by atoms with Crippen molar-refractivity contribution in [3.63, 3.8) is 0 Å². The van der Waals surface area contributed by atoms with Gasteiger partial charge in [-0.3, -0.25) is 4.79 Å². The average Bonchev–Trinajstić information content (AvgIpc) is 2.26. The van der Waals surface area contributed by atoms with Gasteiger partial charge in [0.25, 0.3) is 5.91 Å². The zero-order chi connectivity index (χ0) is 12.8. The summed E-state index contributed by atoms with van der Waals surface area (Å²) in [4.78, 5) is 11.7. The van der Waals surface area contributed by atoms with E-state index in [4.69, 9.17) is 16.3 Å². The lowest BCUT2D eigenvalue weighted by Crippen LogP contribution is -2.31. The van der Waals surface area contributed by atoms with Crippen LogP contribution in [0.25, 0.3) is 0 Å². The van der Waals surface area contributed by atoms with Gasteiger partial charge in [0.1, 0.15) is 5.82 Å². The molecule has 0 bridgehead atoms. The Labute approximate surface area is 112 Å². The normalized spacial score (nSPS) is 12.2. The van der Waals surface area contributed by atoms with Gasteiger partial charge in [-0.1, -0.05) is 27.5 Å². The molecule has 1 aromatic rings. The van der Waals surface area contributed by atoms with Gasteiger partial charge < -0.3 is 10.1 Å². The summed E-state index contributed by atoms with van der Waals surface area (Å²) in [5, 5.41) is 2.77. The summed E-state index contributed by atoms with van der Waals surface area (Å²) in [6.45, 7) is 0.887. The molecule has 0 aliphatic carbocycles. The van der Waals surface area contributed by atoms with E-state index in [-0.39, 0.29) is 21.3 Å². The Morgan fingerprint density at radius 2 is 2.35 bits per heavy atom. The number of hydrogen-bond acceptors (Lipinski definition) is 2. The molecule has 1 atom stereocenters. The van der Waals surface area contributed by atoms with Crippen molar-refractivity contribution in [2.24, 2.45) is 0 Å². The van der Waals surface area contributed by atoms with Crippen LogP contribution < -0.4 is 5.32 Å². The minimum atomic E-state index is -0.468. The van der Waals surface area contributed by atoms with E-state index in [1.54, 1.807) is 7.11 Å². The molecule has 0 aliphatic heterocycles. The molecule has 0 saturated heterocycles. The Hall–Kier alpha value is -0.650. The molecule has 1 N–H and O–H groups in total. The molecule has 17 heavy (non-hydrogen) atoms. The van der Waals surface area contributed by atoms with Gasteiger partial charge in [0.2, 0.25) is 0 Å². The van der Waals surface area contributed by atoms with Crippen LogP contribution >= 0.6 is 27.5 Å². The predicted octanol–water partition coefficient (Wildman–Crippen LogP) is 2.62. The Kier molecular flexibility index (Phi) is 5.88. The third kappa shape index (κ3) is 4.61. The number of hydrogen-bond donors (Lipinski definition) is 1. The Morgan fingerprint density at radius 3 is 2.94 bits per heavy atom. The van der Waals surface area contributed by atoms with E-state index in [2.05, 4.69) is 21.2 Å². The first-order chi connectivity index (χ1) is 8.04. The van der Waals surface area contributed by atoms with Crippen LogP contribution in [-0.2, 0) is 4.74 Å². The minimum absolute atomic E-state index is 0.0238. The summed E-state index contributed by atoms with van der Waals surface area (Å²) < 4.78 is 17.7. The fourth-order valence-electron chi connectivity index (χ4n) is 1.21. The molecule has 0 radical (unpaired) electrons. The molecule has 0 aliphatic rings. The van der Waals surface area contributed by atoms with Crippen LogP contribution in [0.1, 0.15) is 10.4 Å². The van der Waals surface area contributed by atoms with Gasteiger partial charge >= 0.3 is 0 Å². The van der Waals surface area contributed by atoms with Gasteiger partial charge in [-0.05, 0) is 18.2 Å². The van der Waals surface area contributed by atoms with Crippen molar-refractivity contribution in [2.45, 2.75) is 4.83 Å². The van der Waals surface area contributed by atoms with Crippen molar-refractivity contribution in [1.82, 2.24) is 5.32 Å². The highest BCUT2D eigenvalue weighted by atomic mass is 79.9. The van der Waals surface area contributed by atoms with E-state index >= 15 is 0 Å². The van der Waals surface area contributed by atoms with Gasteiger partial charge in [-0.2, -0.15) is 0 Å². The van der Waals surface area contributed by atoms with E-state index in [9.17, 15) is 9.18 Å². The number of nitrogens with one attached hydrogen (secondary N) is 1. The second kappa shape index (κ2) is 6.93. The average molecular weight is 325 g/mol.